The zero-order chi connectivity index (χ0) is 26.2. The fraction of sp³-hybridized carbons (Fsp3) is 0.417. The number of ether oxygens (including phenoxy) is 2. The molecule has 0 bridgehead atoms. The van der Waals surface area contributed by atoms with Crippen molar-refractivity contribution < 1.29 is 27.5 Å². The minimum Gasteiger partial charge on any atom is -0.497 e. The summed E-state index contributed by atoms with van der Waals surface area (Å²) in [5, 5.41) is 3.04. The van der Waals surface area contributed by atoms with Crippen molar-refractivity contribution in [2.75, 3.05) is 37.9 Å². The molecule has 2 aromatic rings. The average molecular weight is 526 g/mol. The molecule has 2 amide bonds. The maximum Gasteiger partial charge on any atom is 0.244 e. The lowest BCUT2D eigenvalue weighted by atomic mass is 10.1. The summed E-state index contributed by atoms with van der Waals surface area (Å²) in [5.74, 6) is 0.0262. The van der Waals surface area contributed by atoms with Crippen LogP contribution in [0.5, 0.6) is 11.5 Å². The van der Waals surface area contributed by atoms with Crippen molar-refractivity contribution in [3.8, 4) is 11.5 Å². The maximum atomic E-state index is 13.6. The number of nitrogens with zero attached hydrogens (tertiary/aromatic N) is 2. The first-order valence-corrected chi connectivity index (χ1v) is 13.3. The minimum atomic E-state index is -3.91. The second kappa shape index (κ2) is 12.6. The maximum absolute atomic E-state index is 13.6. The highest BCUT2D eigenvalue weighted by Gasteiger charge is 2.32. The van der Waals surface area contributed by atoms with E-state index in [4.69, 9.17) is 21.1 Å². The Morgan fingerprint density at radius 2 is 1.71 bits per heavy atom. The minimum absolute atomic E-state index is 0.1000. The van der Waals surface area contributed by atoms with E-state index >= 15 is 0 Å². The molecule has 0 unspecified atom stereocenters. The van der Waals surface area contributed by atoms with Crippen LogP contribution in [0.25, 0.3) is 0 Å². The number of rotatable bonds is 12. The first-order valence-electron chi connectivity index (χ1n) is 11.1. The van der Waals surface area contributed by atoms with Crippen molar-refractivity contribution in [3.05, 3.63) is 53.1 Å². The van der Waals surface area contributed by atoms with E-state index in [0.29, 0.717) is 18.7 Å². The van der Waals surface area contributed by atoms with Gasteiger partial charge in [0.2, 0.25) is 21.8 Å². The topological polar surface area (TPSA) is 105 Å². The van der Waals surface area contributed by atoms with Crippen LogP contribution in [0.15, 0.2) is 42.5 Å². The number of methoxy groups -OCH3 is 2. The van der Waals surface area contributed by atoms with Crippen molar-refractivity contribution in [2.45, 2.75) is 32.9 Å². The number of sulfonamides is 1. The molecular weight excluding hydrogens is 494 g/mol. The molecule has 0 heterocycles. The Morgan fingerprint density at radius 3 is 2.23 bits per heavy atom. The molecule has 0 saturated heterocycles. The molecule has 0 aromatic heterocycles. The molecule has 1 atom stereocenters. The Hall–Kier alpha value is -2.98. The fourth-order valence-electron chi connectivity index (χ4n) is 3.59. The van der Waals surface area contributed by atoms with Crippen LogP contribution in [0.1, 0.15) is 25.8 Å². The first kappa shape index (κ1) is 28.3. The van der Waals surface area contributed by atoms with Gasteiger partial charge in [-0.25, -0.2) is 8.42 Å². The quantitative estimate of drug-likeness (QED) is 0.456. The van der Waals surface area contributed by atoms with Crippen LogP contribution < -0.4 is 19.1 Å². The number of carbonyl (C=O) groups is 2. The number of anilines is 1. The van der Waals surface area contributed by atoms with Crippen LogP contribution in [0.4, 0.5) is 5.69 Å². The van der Waals surface area contributed by atoms with E-state index in [1.807, 2.05) is 0 Å². The summed E-state index contributed by atoms with van der Waals surface area (Å²) in [6.45, 7) is 3.54. The highest BCUT2D eigenvalue weighted by molar-refractivity contribution is 7.92. The van der Waals surface area contributed by atoms with Gasteiger partial charge in [0.25, 0.3) is 0 Å². The molecule has 192 valence electrons. The number of benzene rings is 2. The largest absolute Gasteiger partial charge is 0.497 e. The van der Waals surface area contributed by atoms with Gasteiger partial charge in [0.15, 0.2) is 0 Å². The van der Waals surface area contributed by atoms with E-state index in [2.05, 4.69) is 5.32 Å². The van der Waals surface area contributed by atoms with Crippen LogP contribution in [-0.4, -0.2) is 64.7 Å². The predicted molar refractivity (Wildman–Crippen MR) is 137 cm³/mol. The van der Waals surface area contributed by atoms with Crippen LogP contribution in [-0.2, 0) is 26.2 Å². The summed E-state index contributed by atoms with van der Waals surface area (Å²) in [4.78, 5) is 27.8. The van der Waals surface area contributed by atoms with Gasteiger partial charge < -0.3 is 19.7 Å². The van der Waals surface area contributed by atoms with Crippen molar-refractivity contribution in [1.29, 1.82) is 0 Å². The van der Waals surface area contributed by atoms with Gasteiger partial charge in [0, 0.05) is 18.1 Å². The zero-order valence-electron chi connectivity index (χ0n) is 20.6. The molecular formula is C24H32ClN3O6S. The Morgan fingerprint density at radius 1 is 1.06 bits per heavy atom. The van der Waals surface area contributed by atoms with Crippen LogP contribution in [0.2, 0.25) is 5.02 Å². The summed E-state index contributed by atoms with van der Waals surface area (Å²) in [5.41, 5.74) is 0.888. The summed E-state index contributed by atoms with van der Waals surface area (Å²) in [6.07, 6.45) is 1.34. The number of hydrogen-bond donors (Lipinski definition) is 1. The van der Waals surface area contributed by atoms with Crippen molar-refractivity contribution in [3.63, 3.8) is 0 Å². The Bertz CT molecular complexity index is 1120. The van der Waals surface area contributed by atoms with E-state index in [1.54, 1.807) is 51.3 Å². The molecule has 9 nitrogen and oxygen atoms in total. The van der Waals surface area contributed by atoms with Gasteiger partial charge in [0.05, 0.1) is 26.2 Å². The lowest BCUT2D eigenvalue weighted by Crippen LogP contribution is -2.52. The van der Waals surface area contributed by atoms with E-state index in [9.17, 15) is 18.0 Å². The third-order valence-corrected chi connectivity index (χ3v) is 6.70. The highest BCUT2D eigenvalue weighted by Crippen LogP contribution is 2.33. The molecule has 2 aromatic carbocycles. The van der Waals surface area contributed by atoms with Gasteiger partial charge in [-0.3, -0.25) is 13.9 Å². The standard InChI is InChI=1S/C24H32ClN3O6S/c1-6-20(24(30)26-7-2)27(15-17-8-11-19(33-3)12-9-17)23(29)16-28(35(5,31)32)21-14-18(25)10-13-22(21)34-4/h8-14,20H,6-7,15-16H2,1-5H3,(H,26,30)/t20-/m1/s1. The first-order chi connectivity index (χ1) is 16.5. The molecule has 0 aliphatic carbocycles. The van der Waals surface area contributed by atoms with Gasteiger partial charge in [0.1, 0.15) is 24.1 Å². The second-order valence-corrected chi connectivity index (χ2v) is 10.1. The molecule has 1 N–H and O–H groups in total. The molecule has 0 aliphatic heterocycles. The smallest absolute Gasteiger partial charge is 0.244 e. The molecule has 2 rings (SSSR count). The molecule has 0 spiro atoms. The summed E-state index contributed by atoms with van der Waals surface area (Å²) < 4.78 is 36.9. The van der Waals surface area contributed by atoms with Gasteiger partial charge >= 0.3 is 0 Å². The monoisotopic (exact) mass is 525 g/mol. The molecule has 0 aliphatic rings. The lowest BCUT2D eigenvalue weighted by molar-refractivity contribution is -0.140. The van der Waals surface area contributed by atoms with E-state index in [1.165, 1.54) is 24.1 Å². The van der Waals surface area contributed by atoms with Gasteiger partial charge in [-0.05, 0) is 49.2 Å². The van der Waals surface area contributed by atoms with Crippen LogP contribution >= 0.6 is 11.6 Å². The Balaban J connectivity index is 2.49. The van der Waals surface area contributed by atoms with Gasteiger partial charge in [-0.2, -0.15) is 0 Å². The van der Waals surface area contributed by atoms with Crippen molar-refractivity contribution >= 4 is 39.1 Å². The SMILES string of the molecule is CCNC(=O)[C@@H](CC)N(Cc1ccc(OC)cc1)C(=O)CN(c1cc(Cl)ccc1OC)S(C)(=O)=O. The second-order valence-electron chi connectivity index (χ2n) is 7.77. The fourth-order valence-corrected chi connectivity index (χ4v) is 4.60. The average Bonchev–Trinajstić information content (AvgIpc) is 2.82. The summed E-state index contributed by atoms with van der Waals surface area (Å²) in [7, 11) is -0.962. The van der Waals surface area contributed by atoms with Crippen molar-refractivity contribution in [1.82, 2.24) is 10.2 Å². The van der Waals surface area contributed by atoms with E-state index in [0.717, 1.165) is 16.1 Å². The number of likely N-dealkylation sites (N-methyl/N-ethyl adjacent to an activating group) is 1. The third kappa shape index (κ3) is 7.50. The van der Waals surface area contributed by atoms with Crippen LogP contribution in [0, 0.1) is 0 Å². The molecule has 11 heteroatoms. The van der Waals surface area contributed by atoms with E-state index in [-0.39, 0.29) is 28.9 Å². The number of halogens is 1. The normalized spacial score (nSPS) is 11.9. The van der Waals surface area contributed by atoms with Gasteiger partial charge in [-0.1, -0.05) is 30.7 Å². The predicted octanol–water partition coefficient (Wildman–Crippen LogP) is 3.07. The molecule has 0 fully saturated rings. The third-order valence-electron chi connectivity index (χ3n) is 5.34. The Labute approximate surface area is 212 Å². The van der Waals surface area contributed by atoms with E-state index < -0.39 is 28.5 Å². The number of carbonyl (C=O) groups excluding carboxylic acids is 2. The Kier molecular flexibility index (Phi) is 10.2. The molecule has 0 radical (unpaired) electrons. The summed E-state index contributed by atoms with van der Waals surface area (Å²) in [6, 6.07) is 10.8. The van der Waals surface area contributed by atoms with Crippen LogP contribution in [0.3, 0.4) is 0 Å². The zero-order valence-corrected chi connectivity index (χ0v) is 22.1. The number of amides is 2. The molecule has 0 saturated carbocycles. The highest BCUT2D eigenvalue weighted by atomic mass is 35.5. The number of nitrogens with one attached hydrogen (secondary N) is 1. The van der Waals surface area contributed by atoms with Crippen molar-refractivity contribution in [2.24, 2.45) is 0 Å². The molecule has 35 heavy (non-hydrogen) atoms. The summed E-state index contributed by atoms with van der Waals surface area (Å²) >= 11 is 6.11. The lowest BCUT2D eigenvalue weighted by Gasteiger charge is -2.33. The number of hydrogen-bond acceptors (Lipinski definition) is 6. The van der Waals surface area contributed by atoms with Gasteiger partial charge in [-0.15, -0.1) is 0 Å².